The predicted molar refractivity (Wildman–Crippen MR) is 70.0 cm³/mol. The highest BCUT2D eigenvalue weighted by Crippen LogP contribution is 2.23. The van der Waals surface area contributed by atoms with Crippen molar-refractivity contribution in [3.8, 4) is 5.88 Å². The Hall–Kier alpha value is -1.69. The maximum absolute atomic E-state index is 13.4. The summed E-state index contributed by atoms with van der Waals surface area (Å²) in [5.41, 5.74) is 0.481. The Morgan fingerprint density at radius 1 is 1.39 bits per heavy atom. The van der Waals surface area contributed by atoms with Crippen molar-refractivity contribution in [2.75, 3.05) is 12.4 Å². The topological polar surface area (TPSA) is 47.0 Å². The number of aromatic nitrogens is 2. The number of benzene rings is 1. The van der Waals surface area contributed by atoms with Crippen LogP contribution in [-0.4, -0.2) is 17.0 Å². The van der Waals surface area contributed by atoms with Crippen LogP contribution in [0.15, 0.2) is 34.9 Å². The first-order valence-corrected chi connectivity index (χ1v) is 6.06. The van der Waals surface area contributed by atoms with Gasteiger partial charge >= 0.3 is 0 Å². The molecule has 0 unspecified atom stereocenters. The molecule has 0 aliphatic heterocycles. The SMILES string of the molecule is CNc1ncc(Br)c(OCc2ccccc2F)n1. The fraction of sp³-hybridized carbons (Fsp3) is 0.167. The fourth-order valence-electron chi connectivity index (χ4n) is 1.33. The summed E-state index contributed by atoms with van der Waals surface area (Å²) in [5, 5.41) is 2.81. The molecule has 0 amide bonds. The summed E-state index contributed by atoms with van der Waals surface area (Å²) in [4.78, 5) is 8.13. The zero-order chi connectivity index (χ0) is 13.0. The monoisotopic (exact) mass is 311 g/mol. The minimum atomic E-state index is -0.295. The standard InChI is InChI=1S/C12H11BrFN3O/c1-15-12-16-6-9(13)11(17-12)18-7-8-4-2-3-5-10(8)14/h2-6H,7H2,1H3,(H,15,16,17). The van der Waals surface area contributed by atoms with E-state index < -0.39 is 0 Å². The van der Waals surface area contributed by atoms with Crippen molar-refractivity contribution < 1.29 is 9.13 Å². The first kappa shape index (κ1) is 12.8. The third kappa shape index (κ3) is 2.95. The van der Waals surface area contributed by atoms with Crippen LogP contribution in [0, 0.1) is 5.82 Å². The van der Waals surface area contributed by atoms with Gasteiger partial charge in [-0.05, 0) is 22.0 Å². The Labute approximate surface area is 112 Å². The van der Waals surface area contributed by atoms with Crippen molar-refractivity contribution in [2.45, 2.75) is 6.61 Å². The van der Waals surface area contributed by atoms with Gasteiger partial charge in [-0.2, -0.15) is 4.98 Å². The van der Waals surface area contributed by atoms with E-state index in [0.29, 0.717) is 21.9 Å². The van der Waals surface area contributed by atoms with Crippen LogP contribution in [0.25, 0.3) is 0 Å². The van der Waals surface area contributed by atoms with Gasteiger partial charge in [0.15, 0.2) is 0 Å². The number of anilines is 1. The average molecular weight is 312 g/mol. The molecule has 1 aromatic carbocycles. The molecular formula is C12H11BrFN3O. The van der Waals surface area contributed by atoms with E-state index in [9.17, 15) is 4.39 Å². The lowest BCUT2D eigenvalue weighted by Gasteiger charge is -2.08. The van der Waals surface area contributed by atoms with Crippen molar-refractivity contribution in [3.05, 3.63) is 46.3 Å². The predicted octanol–water partition coefficient (Wildman–Crippen LogP) is 3.00. The zero-order valence-electron chi connectivity index (χ0n) is 9.65. The van der Waals surface area contributed by atoms with Crippen LogP contribution in [0.3, 0.4) is 0 Å². The summed E-state index contributed by atoms with van der Waals surface area (Å²) in [6.45, 7) is 0.117. The summed E-state index contributed by atoms with van der Waals surface area (Å²) < 4.78 is 19.5. The van der Waals surface area contributed by atoms with Gasteiger partial charge in [-0.25, -0.2) is 9.37 Å². The number of nitrogens with one attached hydrogen (secondary N) is 1. The summed E-state index contributed by atoms with van der Waals surface area (Å²) in [6, 6.07) is 6.46. The Morgan fingerprint density at radius 3 is 2.89 bits per heavy atom. The van der Waals surface area contributed by atoms with E-state index in [1.807, 2.05) is 0 Å². The van der Waals surface area contributed by atoms with Gasteiger partial charge in [0.25, 0.3) is 0 Å². The third-order valence-electron chi connectivity index (χ3n) is 2.26. The van der Waals surface area contributed by atoms with E-state index in [1.54, 1.807) is 31.4 Å². The minimum absolute atomic E-state index is 0.117. The summed E-state index contributed by atoms with van der Waals surface area (Å²) in [7, 11) is 1.71. The number of nitrogens with zero attached hydrogens (tertiary/aromatic N) is 2. The molecule has 0 saturated heterocycles. The van der Waals surface area contributed by atoms with Crippen molar-refractivity contribution in [1.29, 1.82) is 0 Å². The second-order valence-corrected chi connectivity index (χ2v) is 4.33. The molecule has 0 spiro atoms. The largest absolute Gasteiger partial charge is 0.472 e. The lowest BCUT2D eigenvalue weighted by Crippen LogP contribution is -2.03. The molecule has 0 bridgehead atoms. The Balaban J connectivity index is 2.13. The molecule has 1 aromatic heterocycles. The van der Waals surface area contributed by atoms with Gasteiger partial charge < -0.3 is 10.1 Å². The molecule has 0 radical (unpaired) electrons. The molecule has 0 saturated carbocycles. The highest BCUT2D eigenvalue weighted by Gasteiger charge is 2.07. The maximum atomic E-state index is 13.4. The van der Waals surface area contributed by atoms with E-state index in [0.717, 1.165) is 0 Å². The molecule has 0 aliphatic carbocycles. The van der Waals surface area contributed by atoms with Crippen LogP contribution in [0.2, 0.25) is 0 Å². The molecule has 0 atom stereocenters. The Morgan fingerprint density at radius 2 is 2.17 bits per heavy atom. The summed E-state index contributed by atoms with van der Waals surface area (Å²) in [5.74, 6) is 0.524. The van der Waals surface area contributed by atoms with Crippen molar-refractivity contribution in [1.82, 2.24) is 9.97 Å². The van der Waals surface area contributed by atoms with Gasteiger partial charge in [0.2, 0.25) is 11.8 Å². The molecule has 1 heterocycles. The van der Waals surface area contributed by atoms with Crippen molar-refractivity contribution in [2.24, 2.45) is 0 Å². The van der Waals surface area contributed by atoms with Crippen LogP contribution >= 0.6 is 15.9 Å². The fourth-order valence-corrected chi connectivity index (χ4v) is 1.64. The molecule has 0 aliphatic rings. The van der Waals surface area contributed by atoms with Gasteiger partial charge in [-0.3, -0.25) is 0 Å². The molecule has 6 heteroatoms. The normalized spacial score (nSPS) is 10.2. The second kappa shape index (κ2) is 5.77. The van der Waals surface area contributed by atoms with Gasteiger partial charge in [0.1, 0.15) is 12.4 Å². The zero-order valence-corrected chi connectivity index (χ0v) is 11.2. The Bertz CT molecular complexity index is 551. The molecule has 0 fully saturated rings. The molecule has 2 aromatic rings. The summed E-state index contributed by atoms with van der Waals surface area (Å²) >= 11 is 3.28. The maximum Gasteiger partial charge on any atom is 0.233 e. The molecule has 4 nitrogen and oxygen atoms in total. The summed E-state index contributed by atoms with van der Waals surface area (Å²) in [6.07, 6.45) is 1.58. The smallest absolute Gasteiger partial charge is 0.233 e. The van der Waals surface area contributed by atoms with Gasteiger partial charge in [0, 0.05) is 12.6 Å². The lowest BCUT2D eigenvalue weighted by atomic mass is 10.2. The van der Waals surface area contributed by atoms with E-state index >= 15 is 0 Å². The lowest BCUT2D eigenvalue weighted by molar-refractivity contribution is 0.286. The first-order chi connectivity index (χ1) is 8.70. The van der Waals surface area contributed by atoms with Crippen LogP contribution in [0.5, 0.6) is 5.88 Å². The number of halogens is 2. The molecule has 1 N–H and O–H groups in total. The average Bonchev–Trinajstić information content (AvgIpc) is 2.39. The molecule has 18 heavy (non-hydrogen) atoms. The Kier molecular flexibility index (Phi) is 4.09. The highest BCUT2D eigenvalue weighted by atomic mass is 79.9. The van der Waals surface area contributed by atoms with Crippen LogP contribution in [0.1, 0.15) is 5.56 Å². The molecule has 2 rings (SSSR count). The third-order valence-corrected chi connectivity index (χ3v) is 2.80. The van der Waals surface area contributed by atoms with E-state index in [1.165, 1.54) is 6.07 Å². The number of rotatable bonds is 4. The van der Waals surface area contributed by atoms with E-state index in [2.05, 4.69) is 31.2 Å². The van der Waals surface area contributed by atoms with Crippen LogP contribution in [0.4, 0.5) is 10.3 Å². The molecular weight excluding hydrogens is 301 g/mol. The quantitative estimate of drug-likeness (QED) is 0.943. The highest BCUT2D eigenvalue weighted by molar-refractivity contribution is 9.10. The number of hydrogen-bond acceptors (Lipinski definition) is 4. The van der Waals surface area contributed by atoms with Crippen molar-refractivity contribution >= 4 is 21.9 Å². The van der Waals surface area contributed by atoms with Gasteiger partial charge in [-0.15, -0.1) is 0 Å². The van der Waals surface area contributed by atoms with Crippen LogP contribution in [-0.2, 0) is 6.61 Å². The molecule has 94 valence electrons. The first-order valence-electron chi connectivity index (χ1n) is 5.27. The van der Waals surface area contributed by atoms with Crippen molar-refractivity contribution in [3.63, 3.8) is 0 Å². The van der Waals surface area contributed by atoms with Crippen LogP contribution < -0.4 is 10.1 Å². The van der Waals surface area contributed by atoms with E-state index in [4.69, 9.17) is 4.74 Å². The number of ether oxygens (including phenoxy) is 1. The van der Waals surface area contributed by atoms with Gasteiger partial charge in [-0.1, -0.05) is 18.2 Å². The second-order valence-electron chi connectivity index (χ2n) is 3.48. The van der Waals surface area contributed by atoms with E-state index in [-0.39, 0.29) is 12.4 Å². The number of hydrogen-bond donors (Lipinski definition) is 1. The van der Waals surface area contributed by atoms with Gasteiger partial charge in [0.05, 0.1) is 10.7 Å². The minimum Gasteiger partial charge on any atom is -0.472 e.